The van der Waals surface area contributed by atoms with Crippen molar-refractivity contribution in [2.75, 3.05) is 31.1 Å². The van der Waals surface area contributed by atoms with Crippen molar-refractivity contribution in [3.05, 3.63) is 42.4 Å². The minimum Gasteiger partial charge on any atom is -0.352 e. The van der Waals surface area contributed by atoms with Gasteiger partial charge in [-0.2, -0.15) is 5.10 Å². The van der Waals surface area contributed by atoms with Crippen molar-refractivity contribution in [1.29, 1.82) is 0 Å². The van der Waals surface area contributed by atoms with Crippen molar-refractivity contribution in [3.63, 3.8) is 0 Å². The monoisotopic (exact) mass is 418 g/mol. The lowest BCUT2D eigenvalue weighted by Crippen LogP contribution is -2.51. The van der Waals surface area contributed by atoms with Crippen molar-refractivity contribution in [3.8, 4) is 5.69 Å². The van der Waals surface area contributed by atoms with Crippen LogP contribution >= 0.6 is 0 Å². The molecule has 3 aromatic rings. The van der Waals surface area contributed by atoms with Gasteiger partial charge in [0.05, 0.1) is 17.3 Å². The molecule has 2 fully saturated rings. The van der Waals surface area contributed by atoms with Crippen LogP contribution in [0.15, 0.2) is 36.5 Å². The van der Waals surface area contributed by atoms with Gasteiger partial charge < -0.3 is 9.80 Å². The van der Waals surface area contributed by atoms with E-state index in [1.165, 1.54) is 6.42 Å². The summed E-state index contributed by atoms with van der Waals surface area (Å²) in [6.07, 6.45) is 6.17. The SMILES string of the molecule is CC[C@H](C)c1nc(N2CCN(C(=O)C3CCC3)CC2)c2cnn(-c3ccccc3)c2n1. The molecule has 1 aromatic carbocycles. The van der Waals surface area contributed by atoms with Gasteiger partial charge in [-0.1, -0.05) is 38.5 Å². The van der Waals surface area contributed by atoms with Crippen molar-refractivity contribution in [1.82, 2.24) is 24.6 Å². The lowest BCUT2D eigenvalue weighted by molar-refractivity contribution is -0.138. The number of nitrogens with zero attached hydrogens (tertiary/aromatic N) is 6. The van der Waals surface area contributed by atoms with E-state index in [0.717, 1.165) is 73.8 Å². The number of hydrogen-bond donors (Lipinski definition) is 0. The smallest absolute Gasteiger partial charge is 0.225 e. The molecule has 162 valence electrons. The van der Waals surface area contributed by atoms with Crippen LogP contribution in [-0.2, 0) is 4.79 Å². The summed E-state index contributed by atoms with van der Waals surface area (Å²) in [6, 6.07) is 10.1. The maximum atomic E-state index is 12.6. The highest BCUT2D eigenvalue weighted by Gasteiger charge is 2.32. The summed E-state index contributed by atoms with van der Waals surface area (Å²) in [5.74, 6) is 2.67. The second kappa shape index (κ2) is 8.29. The molecular formula is C24H30N6O. The Hall–Kier alpha value is -2.96. The molecule has 1 aliphatic heterocycles. The second-order valence-corrected chi connectivity index (χ2v) is 8.78. The largest absolute Gasteiger partial charge is 0.352 e. The van der Waals surface area contributed by atoms with Crippen LogP contribution in [-0.4, -0.2) is 56.7 Å². The van der Waals surface area contributed by atoms with Gasteiger partial charge >= 0.3 is 0 Å². The minimum absolute atomic E-state index is 0.262. The third-order valence-electron chi connectivity index (χ3n) is 6.82. The van der Waals surface area contributed by atoms with Crippen LogP contribution in [0, 0.1) is 5.92 Å². The first kappa shape index (κ1) is 20.0. The fraction of sp³-hybridized carbons (Fsp3) is 0.500. The highest BCUT2D eigenvalue weighted by Crippen LogP contribution is 2.31. The second-order valence-electron chi connectivity index (χ2n) is 8.78. The van der Waals surface area contributed by atoms with Gasteiger partial charge in [0.1, 0.15) is 11.6 Å². The first-order chi connectivity index (χ1) is 15.2. The third-order valence-corrected chi connectivity index (χ3v) is 6.82. The summed E-state index contributed by atoms with van der Waals surface area (Å²) in [5, 5.41) is 5.62. The van der Waals surface area contributed by atoms with Crippen LogP contribution < -0.4 is 4.90 Å². The molecule has 7 nitrogen and oxygen atoms in total. The van der Waals surface area contributed by atoms with Crippen molar-refractivity contribution >= 4 is 22.8 Å². The van der Waals surface area contributed by atoms with Crippen molar-refractivity contribution < 1.29 is 4.79 Å². The topological polar surface area (TPSA) is 67.2 Å². The minimum atomic E-state index is 0.262. The fourth-order valence-corrected chi connectivity index (χ4v) is 4.36. The quantitative estimate of drug-likeness (QED) is 0.631. The van der Waals surface area contributed by atoms with Gasteiger partial charge in [0.25, 0.3) is 0 Å². The number of carbonyl (C=O) groups excluding carboxylic acids is 1. The zero-order valence-electron chi connectivity index (χ0n) is 18.4. The summed E-state index contributed by atoms with van der Waals surface area (Å²) in [7, 11) is 0. The molecular weight excluding hydrogens is 388 g/mol. The van der Waals surface area contributed by atoms with E-state index in [-0.39, 0.29) is 11.8 Å². The van der Waals surface area contributed by atoms with Crippen molar-refractivity contribution in [2.45, 2.75) is 45.4 Å². The number of aromatic nitrogens is 4. The molecule has 5 rings (SSSR count). The number of anilines is 1. The predicted molar refractivity (Wildman–Crippen MR) is 122 cm³/mol. The fourth-order valence-electron chi connectivity index (χ4n) is 4.36. The average molecular weight is 419 g/mol. The van der Waals surface area contributed by atoms with Gasteiger partial charge in [-0.25, -0.2) is 14.6 Å². The van der Waals surface area contributed by atoms with E-state index in [2.05, 4.69) is 23.8 Å². The van der Waals surface area contributed by atoms with Gasteiger partial charge in [0, 0.05) is 38.0 Å². The van der Waals surface area contributed by atoms with E-state index in [1.54, 1.807) is 0 Å². The number of amides is 1. The highest BCUT2D eigenvalue weighted by atomic mass is 16.2. The number of para-hydroxylation sites is 1. The number of rotatable bonds is 5. The van der Waals surface area contributed by atoms with Crippen LogP contribution in [0.5, 0.6) is 0 Å². The van der Waals surface area contributed by atoms with Crippen LogP contribution in [0.1, 0.15) is 51.3 Å². The number of fused-ring (bicyclic) bond motifs is 1. The predicted octanol–water partition coefficient (Wildman–Crippen LogP) is 3.78. The van der Waals surface area contributed by atoms with Crippen LogP contribution in [0.3, 0.4) is 0 Å². The summed E-state index contributed by atoms with van der Waals surface area (Å²) in [5.41, 5.74) is 1.84. The molecule has 31 heavy (non-hydrogen) atoms. The first-order valence-corrected chi connectivity index (χ1v) is 11.5. The van der Waals surface area contributed by atoms with E-state index in [0.29, 0.717) is 5.91 Å². The van der Waals surface area contributed by atoms with E-state index < -0.39 is 0 Å². The van der Waals surface area contributed by atoms with Gasteiger partial charge in [-0.3, -0.25) is 4.79 Å². The molecule has 1 saturated carbocycles. The Labute approximate surface area is 183 Å². The molecule has 0 radical (unpaired) electrons. The van der Waals surface area contributed by atoms with Gasteiger partial charge in [0.15, 0.2) is 5.65 Å². The van der Waals surface area contributed by atoms with E-state index in [4.69, 9.17) is 9.97 Å². The Morgan fingerprint density at radius 2 is 1.84 bits per heavy atom. The molecule has 0 bridgehead atoms. The molecule has 0 spiro atoms. The normalized spacial score (nSPS) is 18.3. The standard InChI is InChI=1S/C24H30N6O/c1-3-17(2)21-26-22(28-12-14-29(15-13-28)24(31)18-8-7-9-18)20-16-25-30(23(20)27-21)19-10-5-4-6-11-19/h4-6,10-11,16-18H,3,7-9,12-15H2,1-2H3/t17-/m0/s1. The van der Waals surface area contributed by atoms with Gasteiger partial charge in [-0.15, -0.1) is 0 Å². The lowest BCUT2D eigenvalue weighted by atomic mass is 9.84. The molecule has 3 heterocycles. The number of piperazine rings is 1. The maximum absolute atomic E-state index is 12.6. The number of carbonyl (C=O) groups is 1. The molecule has 0 unspecified atom stereocenters. The zero-order chi connectivity index (χ0) is 21.4. The van der Waals surface area contributed by atoms with Crippen LogP contribution in [0.2, 0.25) is 0 Å². The van der Waals surface area contributed by atoms with Gasteiger partial charge in [-0.05, 0) is 31.4 Å². The maximum Gasteiger partial charge on any atom is 0.225 e. The Morgan fingerprint density at radius 3 is 2.48 bits per heavy atom. The average Bonchev–Trinajstić information content (AvgIpc) is 3.21. The molecule has 1 aliphatic carbocycles. The summed E-state index contributed by atoms with van der Waals surface area (Å²) in [6.45, 7) is 7.43. The van der Waals surface area contributed by atoms with E-state index in [1.807, 2.05) is 46.1 Å². The lowest BCUT2D eigenvalue weighted by Gasteiger charge is -2.38. The molecule has 1 amide bonds. The van der Waals surface area contributed by atoms with E-state index >= 15 is 0 Å². The third kappa shape index (κ3) is 3.66. The number of benzene rings is 1. The van der Waals surface area contributed by atoms with E-state index in [9.17, 15) is 4.79 Å². The first-order valence-electron chi connectivity index (χ1n) is 11.5. The molecule has 1 atom stereocenters. The Kier molecular flexibility index (Phi) is 5.34. The molecule has 0 N–H and O–H groups in total. The van der Waals surface area contributed by atoms with Crippen LogP contribution in [0.4, 0.5) is 5.82 Å². The molecule has 2 aromatic heterocycles. The zero-order valence-corrected chi connectivity index (χ0v) is 18.4. The van der Waals surface area contributed by atoms with Crippen LogP contribution in [0.25, 0.3) is 16.7 Å². The highest BCUT2D eigenvalue weighted by molar-refractivity contribution is 5.88. The summed E-state index contributed by atoms with van der Waals surface area (Å²) in [4.78, 5) is 26.9. The Bertz CT molecular complexity index is 1070. The summed E-state index contributed by atoms with van der Waals surface area (Å²) < 4.78 is 1.91. The van der Waals surface area contributed by atoms with Gasteiger partial charge in [0.2, 0.25) is 5.91 Å². The summed E-state index contributed by atoms with van der Waals surface area (Å²) >= 11 is 0. The number of hydrogen-bond acceptors (Lipinski definition) is 5. The molecule has 7 heteroatoms. The molecule has 2 aliphatic rings. The Morgan fingerprint density at radius 1 is 1.10 bits per heavy atom. The van der Waals surface area contributed by atoms with Crippen molar-refractivity contribution in [2.24, 2.45) is 5.92 Å². The Balaban J connectivity index is 1.48. The molecule has 1 saturated heterocycles.